The van der Waals surface area contributed by atoms with Crippen molar-refractivity contribution >= 4 is 23.1 Å². The van der Waals surface area contributed by atoms with Gasteiger partial charge in [0, 0.05) is 27.3 Å². The summed E-state index contributed by atoms with van der Waals surface area (Å²) in [5, 5.41) is 5.33. The van der Waals surface area contributed by atoms with Crippen LogP contribution >= 0.6 is 0 Å². The van der Waals surface area contributed by atoms with Gasteiger partial charge in [-0.05, 0) is 18.2 Å². The number of amides is 1. The highest BCUT2D eigenvalue weighted by Crippen LogP contribution is 2.24. The molecule has 2 rings (SSSR count). The zero-order chi connectivity index (χ0) is 15.4. The monoisotopic (exact) mass is 288 g/mol. The molecule has 0 bridgehead atoms. The van der Waals surface area contributed by atoms with Crippen molar-refractivity contribution in [2.45, 2.75) is 0 Å². The molecule has 0 unspecified atom stereocenters. The van der Waals surface area contributed by atoms with Crippen molar-refractivity contribution in [2.24, 2.45) is 0 Å². The largest absolute Gasteiger partial charge is 0.376 e. The van der Waals surface area contributed by atoms with E-state index in [0.717, 1.165) is 5.69 Å². The Kier molecular flexibility index (Phi) is 4.37. The molecular formula is C15H17FN4O. The van der Waals surface area contributed by atoms with Crippen molar-refractivity contribution in [1.82, 2.24) is 4.98 Å². The molecule has 2 aromatic rings. The summed E-state index contributed by atoms with van der Waals surface area (Å²) in [6, 6.07) is 8.67. The molecule has 0 saturated carbocycles. The SMILES string of the molecule is CNc1nccc(C(=O)Nc2ccccc2N(C)C)c1F. The number of benzene rings is 1. The molecule has 1 aromatic heterocycles. The van der Waals surface area contributed by atoms with Gasteiger partial charge in [0.1, 0.15) is 0 Å². The number of pyridine rings is 1. The van der Waals surface area contributed by atoms with Gasteiger partial charge >= 0.3 is 0 Å². The Labute approximate surface area is 122 Å². The Morgan fingerprint density at radius 3 is 2.62 bits per heavy atom. The van der Waals surface area contributed by atoms with Crippen molar-refractivity contribution in [3.8, 4) is 0 Å². The van der Waals surface area contributed by atoms with Crippen LogP contribution in [0.25, 0.3) is 0 Å². The first kappa shape index (κ1) is 14.8. The highest BCUT2D eigenvalue weighted by Gasteiger charge is 2.16. The lowest BCUT2D eigenvalue weighted by molar-refractivity contribution is 0.102. The average Bonchev–Trinajstić information content (AvgIpc) is 2.47. The van der Waals surface area contributed by atoms with Crippen LogP contribution in [0.3, 0.4) is 0 Å². The van der Waals surface area contributed by atoms with Gasteiger partial charge in [-0.1, -0.05) is 12.1 Å². The number of hydrogen-bond donors (Lipinski definition) is 2. The Bertz CT molecular complexity index is 658. The molecule has 5 nitrogen and oxygen atoms in total. The maximum Gasteiger partial charge on any atom is 0.258 e. The summed E-state index contributed by atoms with van der Waals surface area (Å²) in [6.07, 6.45) is 1.39. The van der Waals surface area contributed by atoms with E-state index < -0.39 is 11.7 Å². The molecule has 0 aliphatic heterocycles. The van der Waals surface area contributed by atoms with Gasteiger partial charge in [0.25, 0.3) is 5.91 Å². The lowest BCUT2D eigenvalue weighted by Crippen LogP contribution is -2.18. The van der Waals surface area contributed by atoms with E-state index in [2.05, 4.69) is 15.6 Å². The van der Waals surface area contributed by atoms with E-state index in [0.29, 0.717) is 5.69 Å². The van der Waals surface area contributed by atoms with Crippen molar-refractivity contribution in [1.29, 1.82) is 0 Å². The lowest BCUT2D eigenvalue weighted by atomic mass is 10.2. The molecule has 0 fully saturated rings. The predicted molar refractivity (Wildman–Crippen MR) is 82.5 cm³/mol. The van der Waals surface area contributed by atoms with Crippen molar-refractivity contribution in [3.05, 3.63) is 47.9 Å². The van der Waals surface area contributed by atoms with Crippen LogP contribution in [0.1, 0.15) is 10.4 Å². The maximum atomic E-state index is 14.1. The second-order valence-corrected chi connectivity index (χ2v) is 4.64. The second-order valence-electron chi connectivity index (χ2n) is 4.64. The maximum absolute atomic E-state index is 14.1. The smallest absolute Gasteiger partial charge is 0.258 e. The molecule has 0 atom stereocenters. The van der Waals surface area contributed by atoms with E-state index in [1.54, 1.807) is 13.1 Å². The minimum absolute atomic E-state index is 0.0449. The Morgan fingerprint density at radius 1 is 1.24 bits per heavy atom. The summed E-state index contributed by atoms with van der Waals surface area (Å²) in [6.45, 7) is 0. The number of nitrogens with one attached hydrogen (secondary N) is 2. The van der Waals surface area contributed by atoms with Gasteiger partial charge in [-0.25, -0.2) is 9.37 Å². The number of rotatable bonds is 4. The Morgan fingerprint density at radius 2 is 1.95 bits per heavy atom. The number of aromatic nitrogens is 1. The van der Waals surface area contributed by atoms with Crippen LogP contribution in [0.5, 0.6) is 0 Å². The number of anilines is 3. The Hall–Kier alpha value is -2.63. The highest BCUT2D eigenvalue weighted by molar-refractivity contribution is 6.06. The zero-order valence-corrected chi connectivity index (χ0v) is 12.1. The van der Waals surface area contributed by atoms with Crippen LogP contribution in [0.2, 0.25) is 0 Å². The van der Waals surface area contributed by atoms with E-state index in [9.17, 15) is 9.18 Å². The van der Waals surface area contributed by atoms with Gasteiger partial charge in [-0.2, -0.15) is 0 Å². The number of para-hydroxylation sites is 2. The zero-order valence-electron chi connectivity index (χ0n) is 12.1. The van der Waals surface area contributed by atoms with Crippen LogP contribution in [0, 0.1) is 5.82 Å². The molecule has 0 radical (unpaired) electrons. The van der Waals surface area contributed by atoms with Gasteiger partial charge in [-0.15, -0.1) is 0 Å². The van der Waals surface area contributed by atoms with Gasteiger partial charge in [-0.3, -0.25) is 4.79 Å². The standard InChI is InChI=1S/C15H17FN4O/c1-17-14-13(16)10(8-9-18-14)15(21)19-11-6-4-5-7-12(11)20(2)3/h4-9H,1-3H3,(H,17,18)(H,19,21). The summed E-state index contributed by atoms with van der Waals surface area (Å²) in [4.78, 5) is 17.9. The second kappa shape index (κ2) is 6.21. The van der Waals surface area contributed by atoms with Gasteiger partial charge in [0.05, 0.1) is 16.9 Å². The summed E-state index contributed by atoms with van der Waals surface area (Å²) in [5.74, 6) is -1.14. The number of carbonyl (C=O) groups is 1. The minimum atomic E-state index is -0.667. The fraction of sp³-hybridized carbons (Fsp3) is 0.200. The number of halogens is 1. The quantitative estimate of drug-likeness (QED) is 0.908. The van der Waals surface area contributed by atoms with Crippen LogP contribution in [0.15, 0.2) is 36.5 Å². The molecule has 6 heteroatoms. The Balaban J connectivity index is 2.31. The third-order valence-electron chi connectivity index (χ3n) is 3.00. The first-order valence-corrected chi connectivity index (χ1v) is 6.44. The van der Waals surface area contributed by atoms with Crippen LogP contribution in [0.4, 0.5) is 21.6 Å². The fourth-order valence-corrected chi connectivity index (χ4v) is 1.95. The molecule has 0 saturated heterocycles. The predicted octanol–water partition coefficient (Wildman–Crippen LogP) is 2.58. The molecule has 0 aliphatic rings. The van der Waals surface area contributed by atoms with E-state index >= 15 is 0 Å². The van der Waals surface area contributed by atoms with Crippen LogP contribution in [-0.4, -0.2) is 32.0 Å². The van der Waals surface area contributed by atoms with Crippen LogP contribution in [-0.2, 0) is 0 Å². The van der Waals surface area contributed by atoms with E-state index in [4.69, 9.17) is 0 Å². The summed E-state index contributed by atoms with van der Waals surface area (Å²) in [5.41, 5.74) is 1.41. The third kappa shape index (κ3) is 3.10. The lowest BCUT2D eigenvalue weighted by Gasteiger charge is -2.18. The molecule has 1 amide bonds. The van der Waals surface area contributed by atoms with Crippen molar-refractivity contribution in [2.75, 3.05) is 36.7 Å². The van der Waals surface area contributed by atoms with Gasteiger partial charge in [0.2, 0.25) is 0 Å². The van der Waals surface area contributed by atoms with Crippen LogP contribution < -0.4 is 15.5 Å². The molecule has 110 valence electrons. The number of carbonyl (C=O) groups excluding carboxylic acids is 1. The molecule has 0 aliphatic carbocycles. The molecule has 1 heterocycles. The molecule has 2 N–H and O–H groups in total. The topological polar surface area (TPSA) is 57.3 Å². The van der Waals surface area contributed by atoms with Crippen molar-refractivity contribution in [3.63, 3.8) is 0 Å². The first-order chi connectivity index (χ1) is 10.0. The van der Waals surface area contributed by atoms with E-state index in [1.807, 2.05) is 37.2 Å². The summed E-state index contributed by atoms with van der Waals surface area (Å²) >= 11 is 0. The number of nitrogens with zero attached hydrogens (tertiary/aromatic N) is 2. The summed E-state index contributed by atoms with van der Waals surface area (Å²) < 4.78 is 14.1. The first-order valence-electron chi connectivity index (χ1n) is 6.44. The number of hydrogen-bond acceptors (Lipinski definition) is 4. The van der Waals surface area contributed by atoms with E-state index in [1.165, 1.54) is 12.3 Å². The summed E-state index contributed by atoms with van der Waals surface area (Å²) in [7, 11) is 5.29. The molecule has 1 aromatic carbocycles. The molecule has 0 spiro atoms. The van der Waals surface area contributed by atoms with Gasteiger partial charge in [0.15, 0.2) is 11.6 Å². The fourth-order valence-electron chi connectivity index (χ4n) is 1.95. The molecule has 21 heavy (non-hydrogen) atoms. The van der Waals surface area contributed by atoms with E-state index in [-0.39, 0.29) is 11.4 Å². The average molecular weight is 288 g/mol. The third-order valence-corrected chi connectivity index (χ3v) is 3.00. The van der Waals surface area contributed by atoms with Gasteiger partial charge < -0.3 is 15.5 Å². The highest BCUT2D eigenvalue weighted by atomic mass is 19.1. The molecular weight excluding hydrogens is 271 g/mol. The minimum Gasteiger partial charge on any atom is -0.376 e. The normalized spacial score (nSPS) is 10.1. The van der Waals surface area contributed by atoms with Crippen molar-refractivity contribution < 1.29 is 9.18 Å².